The van der Waals surface area contributed by atoms with E-state index in [0.29, 0.717) is 11.8 Å². The zero-order valence-corrected chi connectivity index (χ0v) is 13.5. The van der Waals surface area contributed by atoms with Gasteiger partial charge in [0.2, 0.25) is 5.91 Å². The molecule has 1 aromatic rings. The maximum absolute atomic E-state index is 12.7. The van der Waals surface area contributed by atoms with Gasteiger partial charge < -0.3 is 10.2 Å². The molecule has 0 radical (unpaired) electrons. The molecule has 0 spiro atoms. The molecule has 116 valence electrons. The van der Waals surface area contributed by atoms with E-state index in [4.69, 9.17) is 0 Å². The van der Waals surface area contributed by atoms with Gasteiger partial charge in [0.15, 0.2) is 0 Å². The number of hydrogen-bond donors (Lipinski definition) is 1. The van der Waals surface area contributed by atoms with Gasteiger partial charge in [0.1, 0.15) is 0 Å². The SMILES string of the molecule is CC1(C(=O)N2CCC(c3ccccc3)CC2)CCNC1.Cl. The lowest BCUT2D eigenvalue weighted by Crippen LogP contribution is -2.46. The fourth-order valence-corrected chi connectivity index (χ4v) is 3.52. The van der Waals surface area contributed by atoms with Crippen LogP contribution in [-0.2, 0) is 4.79 Å². The van der Waals surface area contributed by atoms with Crippen molar-refractivity contribution in [1.82, 2.24) is 10.2 Å². The molecule has 1 amide bonds. The van der Waals surface area contributed by atoms with Crippen LogP contribution >= 0.6 is 12.4 Å². The topological polar surface area (TPSA) is 32.3 Å². The summed E-state index contributed by atoms with van der Waals surface area (Å²) in [7, 11) is 0. The number of carbonyl (C=O) groups is 1. The molecule has 2 fully saturated rings. The Morgan fingerprint density at radius 2 is 1.90 bits per heavy atom. The highest BCUT2D eigenvalue weighted by Gasteiger charge is 2.40. The summed E-state index contributed by atoms with van der Waals surface area (Å²) in [6.45, 7) is 5.74. The van der Waals surface area contributed by atoms with Crippen molar-refractivity contribution in [3.05, 3.63) is 35.9 Å². The van der Waals surface area contributed by atoms with Gasteiger partial charge in [-0.3, -0.25) is 4.79 Å². The molecule has 2 aliphatic rings. The molecule has 21 heavy (non-hydrogen) atoms. The Morgan fingerprint density at radius 3 is 2.48 bits per heavy atom. The first kappa shape index (κ1) is 16.3. The quantitative estimate of drug-likeness (QED) is 0.911. The third-order valence-corrected chi connectivity index (χ3v) is 4.94. The minimum absolute atomic E-state index is 0. The fraction of sp³-hybridized carbons (Fsp3) is 0.588. The molecule has 3 rings (SSSR count). The van der Waals surface area contributed by atoms with Crippen LogP contribution < -0.4 is 5.32 Å². The van der Waals surface area contributed by atoms with Crippen LogP contribution in [-0.4, -0.2) is 37.0 Å². The van der Waals surface area contributed by atoms with E-state index in [1.807, 2.05) is 0 Å². The summed E-state index contributed by atoms with van der Waals surface area (Å²) >= 11 is 0. The van der Waals surface area contributed by atoms with Gasteiger partial charge in [-0.15, -0.1) is 12.4 Å². The second kappa shape index (κ2) is 6.80. The van der Waals surface area contributed by atoms with Crippen molar-refractivity contribution in [2.75, 3.05) is 26.2 Å². The fourth-order valence-electron chi connectivity index (χ4n) is 3.52. The molecule has 1 aromatic carbocycles. The number of hydrogen-bond acceptors (Lipinski definition) is 2. The Morgan fingerprint density at radius 1 is 1.24 bits per heavy atom. The van der Waals surface area contributed by atoms with Gasteiger partial charge in [0.05, 0.1) is 5.41 Å². The summed E-state index contributed by atoms with van der Waals surface area (Å²) in [5.74, 6) is 0.976. The Bertz CT molecular complexity index is 463. The lowest BCUT2D eigenvalue weighted by Gasteiger charge is -2.36. The number of halogens is 1. The normalized spacial score (nSPS) is 26.4. The highest BCUT2D eigenvalue weighted by atomic mass is 35.5. The second-order valence-electron chi connectivity index (χ2n) is 6.46. The van der Waals surface area contributed by atoms with Crippen molar-refractivity contribution in [3.8, 4) is 0 Å². The van der Waals surface area contributed by atoms with Crippen molar-refractivity contribution in [1.29, 1.82) is 0 Å². The maximum Gasteiger partial charge on any atom is 0.229 e. The highest BCUT2D eigenvalue weighted by Crippen LogP contribution is 2.32. The largest absolute Gasteiger partial charge is 0.342 e. The average Bonchev–Trinajstić information content (AvgIpc) is 2.96. The Hall–Kier alpha value is -1.06. The van der Waals surface area contributed by atoms with Crippen molar-refractivity contribution >= 4 is 18.3 Å². The summed E-state index contributed by atoms with van der Waals surface area (Å²) in [6, 6.07) is 10.7. The molecule has 1 N–H and O–H groups in total. The molecule has 2 aliphatic heterocycles. The maximum atomic E-state index is 12.7. The van der Waals surface area contributed by atoms with Gasteiger partial charge in [0, 0.05) is 19.6 Å². The summed E-state index contributed by atoms with van der Waals surface area (Å²) < 4.78 is 0. The van der Waals surface area contributed by atoms with Crippen molar-refractivity contribution in [2.45, 2.75) is 32.1 Å². The molecule has 0 saturated carbocycles. The van der Waals surface area contributed by atoms with Crippen LogP contribution in [0.1, 0.15) is 37.7 Å². The van der Waals surface area contributed by atoms with Crippen LogP contribution in [0.4, 0.5) is 0 Å². The van der Waals surface area contributed by atoms with Gasteiger partial charge in [-0.1, -0.05) is 30.3 Å². The van der Waals surface area contributed by atoms with Gasteiger partial charge in [-0.05, 0) is 44.2 Å². The standard InChI is InChI=1S/C17H24N2O.ClH/c1-17(9-10-18-13-17)16(20)19-11-7-15(8-12-19)14-5-3-2-4-6-14;/h2-6,15,18H,7-13H2,1H3;1H. The molecule has 2 saturated heterocycles. The molecule has 2 heterocycles. The molecule has 0 bridgehead atoms. The predicted octanol–water partition coefficient (Wildman–Crippen LogP) is 2.81. The van der Waals surface area contributed by atoms with Crippen LogP contribution in [0.5, 0.6) is 0 Å². The number of likely N-dealkylation sites (tertiary alicyclic amines) is 1. The van der Waals surface area contributed by atoms with Crippen molar-refractivity contribution in [2.24, 2.45) is 5.41 Å². The zero-order valence-electron chi connectivity index (χ0n) is 12.7. The molecule has 1 atom stereocenters. The molecule has 4 heteroatoms. The van der Waals surface area contributed by atoms with Crippen molar-refractivity contribution in [3.63, 3.8) is 0 Å². The smallest absolute Gasteiger partial charge is 0.229 e. The highest BCUT2D eigenvalue weighted by molar-refractivity contribution is 5.85. The number of nitrogens with zero attached hydrogens (tertiary/aromatic N) is 1. The van der Waals surface area contributed by atoms with Crippen LogP contribution in [0, 0.1) is 5.41 Å². The van der Waals surface area contributed by atoms with E-state index < -0.39 is 0 Å². The average molecular weight is 309 g/mol. The van der Waals surface area contributed by atoms with Crippen molar-refractivity contribution < 1.29 is 4.79 Å². The van der Waals surface area contributed by atoms with Crippen LogP contribution in [0.3, 0.4) is 0 Å². The Labute approximate surface area is 133 Å². The summed E-state index contributed by atoms with van der Waals surface area (Å²) in [4.78, 5) is 14.7. The first-order chi connectivity index (χ1) is 9.69. The molecule has 0 aliphatic carbocycles. The van der Waals surface area contributed by atoms with Gasteiger partial charge >= 0.3 is 0 Å². The van der Waals surface area contributed by atoms with E-state index in [-0.39, 0.29) is 17.8 Å². The van der Waals surface area contributed by atoms with Crippen LogP contribution in [0.25, 0.3) is 0 Å². The number of benzene rings is 1. The molecular formula is C17H25ClN2O. The first-order valence-corrected chi connectivity index (χ1v) is 7.74. The lowest BCUT2D eigenvalue weighted by molar-refractivity contribution is -0.141. The number of nitrogens with one attached hydrogen (secondary N) is 1. The third-order valence-electron chi connectivity index (χ3n) is 4.94. The Kier molecular flexibility index (Phi) is 5.28. The Balaban J connectivity index is 0.00000161. The van der Waals surface area contributed by atoms with E-state index >= 15 is 0 Å². The number of piperidine rings is 1. The third kappa shape index (κ3) is 3.41. The monoisotopic (exact) mass is 308 g/mol. The second-order valence-corrected chi connectivity index (χ2v) is 6.46. The predicted molar refractivity (Wildman–Crippen MR) is 87.8 cm³/mol. The van der Waals surface area contributed by atoms with E-state index in [9.17, 15) is 4.79 Å². The van der Waals surface area contributed by atoms with E-state index in [1.165, 1.54) is 5.56 Å². The molecular weight excluding hydrogens is 284 g/mol. The molecule has 1 unspecified atom stereocenters. The van der Waals surface area contributed by atoms with E-state index in [0.717, 1.165) is 45.4 Å². The number of rotatable bonds is 2. The van der Waals surface area contributed by atoms with Gasteiger partial charge in [-0.25, -0.2) is 0 Å². The van der Waals surface area contributed by atoms with E-state index in [1.54, 1.807) is 0 Å². The lowest BCUT2D eigenvalue weighted by atomic mass is 9.85. The van der Waals surface area contributed by atoms with Crippen LogP contribution in [0.2, 0.25) is 0 Å². The van der Waals surface area contributed by atoms with Gasteiger partial charge in [0.25, 0.3) is 0 Å². The molecule has 0 aromatic heterocycles. The summed E-state index contributed by atoms with van der Waals surface area (Å²) in [6.07, 6.45) is 3.17. The zero-order chi connectivity index (χ0) is 14.0. The minimum atomic E-state index is -0.167. The van der Waals surface area contributed by atoms with E-state index in [2.05, 4.69) is 47.5 Å². The summed E-state index contributed by atoms with van der Waals surface area (Å²) in [5.41, 5.74) is 1.26. The number of carbonyl (C=O) groups excluding carboxylic acids is 1. The number of amides is 1. The molecule has 3 nitrogen and oxygen atoms in total. The first-order valence-electron chi connectivity index (χ1n) is 7.74. The summed E-state index contributed by atoms with van der Waals surface area (Å²) in [5, 5.41) is 3.32. The van der Waals surface area contributed by atoms with Gasteiger partial charge in [-0.2, -0.15) is 0 Å². The van der Waals surface area contributed by atoms with Crippen LogP contribution in [0.15, 0.2) is 30.3 Å². The minimum Gasteiger partial charge on any atom is -0.342 e.